The third-order valence-corrected chi connectivity index (χ3v) is 5.00. The number of aliphatic hydroxyl groups excluding tert-OH is 1. The number of rotatable bonds is 4. The minimum atomic E-state index is -4.61. The molecule has 4 rings (SSSR count). The molecule has 3 aromatic carbocycles. The van der Waals surface area contributed by atoms with Crippen LogP contribution in [0.2, 0.25) is 0 Å². The van der Waals surface area contributed by atoms with Crippen molar-refractivity contribution in [1.82, 2.24) is 4.57 Å². The van der Waals surface area contributed by atoms with Crippen molar-refractivity contribution in [2.45, 2.75) is 19.3 Å². The van der Waals surface area contributed by atoms with Gasteiger partial charge in [0.25, 0.3) is 0 Å². The molecule has 0 aliphatic rings. The summed E-state index contributed by atoms with van der Waals surface area (Å²) in [5.41, 5.74) is 6.08. The number of hydrogen-bond acceptors (Lipinski definition) is 2. The van der Waals surface area contributed by atoms with Gasteiger partial charge in [-0.05, 0) is 54.1 Å². The first-order valence-electron chi connectivity index (χ1n) is 8.92. The molecule has 4 nitrogen and oxygen atoms in total. The summed E-state index contributed by atoms with van der Waals surface area (Å²) in [5.74, 6) is -1.46. The molecule has 3 N–H and O–H groups in total. The highest BCUT2D eigenvalue weighted by Crippen LogP contribution is 2.34. The quantitative estimate of drug-likeness (QED) is 0.486. The van der Waals surface area contributed by atoms with Crippen molar-refractivity contribution in [3.63, 3.8) is 0 Å². The number of amides is 1. The number of nitrogens with zero attached hydrogens (tertiary/aromatic N) is 1. The largest absolute Gasteiger partial charge is 0.416 e. The van der Waals surface area contributed by atoms with E-state index in [1.165, 1.54) is 6.07 Å². The summed E-state index contributed by atoms with van der Waals surface area (Å²) in [7, 11) is 0. The zero-order valence-electron chi connectivity index (χ0n) is 15.4. The number of carbonyl (C=O) groups excluding carboxylic acids is 1. The zero-order chi connectivity index (χ0) is 21.6. The maximum atomic E-state index is 14.4. The molecule has 4 aromatic rings. The fraction of sp³-hybridized carbons (Fsp3) is 0.136. The number of fused-ring (bicyclic) bond motifs is 3. The lowest BCUT2D eigenvalue weighted by atomic mass is 10.0. The molecule has 0 aliphatic carbocycles. The van der Waals surface area contributed by atoms with Gasteiger partial charge in [-0.3, -0.25) is 4.79 Å². The highest BCUT2D eigenvalue weighted by atomic mass is 19.4. The number of aliphatic hydroxyl groups is 1. The lowest BCUT2D eigenvalue weighted by Crippen LogP contribution is -2.11. The molecule has 1 heterocycles. The maximum absolute atomic E-state index is 14.4. The van der Waals surface area contributed by atoms with Gasteiger partial charge >= 0.3 is 6.18 Å². The summed E-state index contributed by atoms with van der Waals surface area (Å²) < 4.78 is 55.3. The molecule has 0 spiro atoms. The summed E-state index contributed by atoms with van der Waals surface area (Å²) in [6.45, 7) is -0.505. The summed E-state index contributed by atoms with van der Waals surface area (Å²) >= 11 is 0. The van der Waals surface area contributed by atoms with E-state index in [0.29, 0.717) is 33.4 Å². The second kappa shape index (κ2) is 7.14. The van der Waals surface area contributed by atoms with Crippen LogP contribution in [-0.4, -0.2) is 15.6 Å². The van der Waals surface area contributed by atoms with Crippen LogP contribution >= 0.6 is 0 Å². The lowest BCUT2D eigenvalue weighted by Gasteiger charge is -2.12. The van der Waals surface area contributed by atoms with Crippen molar-refractivity contribution < 1.29 is 27.5 Å². The first-order valence-corrected chi connectivity index (χ1v) is 8.92. The Balaban J connectivity index is 2.01. The van der Waals surface area contributed by atoms with Crippen molar-refractivity contribution in [2.24, 2.45) is 5.73 Å². The van der Waals surface area contributed by atoms with Crippen molar-refractivity contribution in [3.05, 3.63) is 82.7 Å². The van der Waals surface area contributed by atoms with Gasteiger partial charge in [0.2, 0.25) is 5.91 Å². The third-order valence-electron chi connectivity index (χ3n) is 5.00. The zero-order valence-corrected chi connectivity index (χ0v) is 15.4. The summed E-state index contributed by atoms with van der Waals surface area (Å²) in [5, 5.41) is 10.5. The van der Waals surface area contributed by atoms with Crippen LogP contribution < -0.4 is 5.73 Å². The summed E-state index contributed by atoms with van der Waals surface area (Å²) in [6.07, 6.45) is -4.61. The highest BCUT2D eigenvalue weighted by Gasteiger charge is 2.31. The van der Waals surface area contributed by atoms with Crippen molar-refractivity contribution >= 4 is 27.7 Å². The van der Waals surface area contributed by atoms with E-state index in [9.17, 15) is 27.5 Å². The number of carbonyl (C=O) groups is 1. The van der Waals surface area contributed by atoms with Gasteiger partial charge in [0.05, 0.1) is 29.7 Å². The molecule has 0 saturated heterocycles. The van der Waals surface area contributed by atoms with Crippen molar-refractivity contribution in [1.29, 1.82) is 0 Å². The molecule has 153 valence electrons. The molecule has 0 bridgehead atoms. The number of benzene rings is 3. The van der Waals surface area contributed by atoms with E-state index in [0.717, 1.165) is 12.1 Å². The van der Waals surface area contributed by atoms with Crippen LogP contribution in [0.15, 0.2) is 48.5 Å². The van der Waals surface area contributed by atoms with E-state index in [-0.39, 0.29) is 24.3 Å². The van der Waals surface area contributed by atoms with Crippen LogP contribution in [0.1, 0.15) is 27.0 Å². The first kappa shape index (κ1) is 19.9. The third kappa shape index (κ3) is 3.29. The molecule has 1 aromatic heterocycles. The average molecular weight is 415 g/mol. The Morgan fingerprint density at radius 1 is 1.13 bits per heavy atom. The average Bonchev–Trinajstić information content (AvgIpc) is 3.01. The van der Waals surface area contributed by atoms with Crippen LogP contribution in [0.5, 0.6) is 0 Å². The number of aromatic nitrogens is 1. The molecule has 0 saturated carbocycles. The Hall–Kier alpha value is -3.39. The lowest BCUT2D eigenvalue weighted by molar-refractivity contribution is -0.137. The fourth-order valence-corrected chi connectivity index (χ4v) is 3.61. The van der Waals surface area contributed by atoms with Gasteiger partial charge in [-0.15, -0.1) is 0 Å². The smallest absolute Gasteiger partial charge is 0.392 e. The molecule has 8 heteroatoms. The molecule has 30 heavy (non-hydrogen) atoms. The van der Waals surface area contributed by atoms with Gasteiger partial charge in [-0.25, -0.2) is 4.39 Å². The van der Waals surface area contributed by atoms with E-state index in [4.69, 9.17) is 5.73 Å². The summed E-state index contributed by atoms with van der Waals surface area (Å²) in [6, 6.07) is 13.2. The van der Waals surface area contributed by atoms with Gasteiger partial charge in [0, 0.05) is 21.9 Å². The Bertz CT molecular complexity index is 1290. The Morgan fingerprint density at radius 3 is 2.57 bits per heavy atom. The predicted molar refractivity (Wildman–Crippen MR) is 103 cm³/mol. The van der Waals surface area contributed by atoms with Gasteiger partial charge < -0.3 is 15.4 Å². The minimum absolute atomic E-state index is 0.164. The molecule has 1 radical (unpaired) electrons. The monoisotopic (exact) mass is 415 g/mol. The topological polar surface area (TPSA) is 68.2 Å². The molecule has 0 unspecified atom stereocenters. The van der Waals surface area contributed by atoms with E-state index >= 15 is 0 Å². The normalized spacial score (nSPS) is 12.0. The summed E-state index contributed by atoms with van der Waals surface area (Å²) in [4.78, 5) is 11.9. The van der Waals surface area contributed by atoms with Crippen molar-refractivity contribution in [2.75, 3.05) is 0 Å². The Kier molecular flexibility index (Phi) is 4.74. The number of alkyl halides is 3. The second-order valence-electron chi connectivity index (χ2n) is 6.88. The second-order valence-corrected chi connectivity index (χ2v) is 6.88. The Morgan fingerprint density at radius 2 is 1.90 bits per heavy atom. The molecular formula is C22H15F4N2O2. The van der Waals surface area contributed by atoms with E-state index in [2.05, 4.69) is 6.07 Å². The van der Waals surface area contributed by atoms with Crippen LogP contribution in [-0.2, 0) is 19.3 Å². The number of halogens is 4. The molecule has 1 amide bonds. The fourth-order valence-electron chi connectivity index (χ4n) is 3.61. The highest BCUT2D eigenvalue weighted by molar-refractivity contribution is 6.17. The molecule has 0 aliphatic heterocycles. The van der Waals surface area contributed by atoms with E-state index < -0.39 is 23.5 Å². The van der Waals surface area contributed by atoms with Gasteiger partial charge in [-0.2, -0.15) is 13.2 Å². The minimum Gasteiger partial charge on any atom is -0.392 e. The maximum Gasteiger partial charge on any atom is 0.416 e. The van der Waals surface area contributed by atoms with Crippen LogP contribution in [0.4, 0.5) is 17.6 Å². The number of hydrogen-bond donors (Lipinski definition) is 2. The number of nitrogens with two attached hydrogens (primary N) is 1. The van der Waals surface area contributed by atoms with Gasteiger partial charge in [-0.1, -0.05) is 6.07 Å². The van der Waals surface area contributed by atoms with Crippen LogP contribution in [0.3, 0.4) is 0 Å². The van der Waals surface area contributed by atoms with Crippen LogP contribution in [0.25, 0.3) is 21.8 Å². The van der Waals surface area contributed by atoms with E-state index in [1.54, 1.807) is 28.8 Å². The molecule has 0 fully saturated rings. The first-order chi connectivity index (χ1) is 14.2. The SMILES string of the molecule is NC(=O)c1cccc2c1c1[c]cc(CO)cc1n2Cc1cc(C(F)(F)F)ccc1F. The van der Waals surface area contributed by atoms with Gasteiger partial charge in [0.15, 0.2) is 0 Å². The van der Waals surface area contributed by atoms with Crippen LogP contribution in [0, 0.1) is 11.9 Å². The molecular weight excluding hydrogens is 400 g/mol. The predicted octanol–water partition coefficient (Wildman–Crippen LogP) is 4.39. The Labute approximate surface area is 168 Å². The van der Waals surface area contributed by atoms with E-state index in [1.807, 2.05) is 0 Å². The standard InChI is InChI=1S/C22H15F4N2O2/c23-17-7-5-14(22(24,25)26)9-13(17)10-28-18-3-1-2-16(21(27)30)20(18)15-6-4-12(11-29)8-19(15)28/h1-5,7-9,29H,10-11H2,(H2,27,30). The number of primary amides is 1. The van der Waals surface area contributed by atoms with Crippen molar-refractivity contribution in [3.8, 4) is 0 Å². The molecule has 0 atom stereocenters. The van der Waals surface area contributed by atoms with Gasteiger partial charge in [0.1, 0.15) is 5.82 Å².